The van der Waals surface area contributed by atoms with Crippen LogP contribution >= 0.6 is 0 Å². The summed E-state index contributed by atoms with van der Waals surface area (Å²) in [5.74, 6) is 1.55. The number of aromatic nitrogens is 4. The lowest BCUT2D eigenvalue weighted by Gasteiger charge is -2.06. The minimum absolute atomic E-state index is 0.0999. The first kappa shape index (κ1) is 16.7. The van der Waals surface area contributed by atoms with Gasteiger partial charge in [-0.25, -0.2) is 4.68 Å². The SMILES string of the molecule is COc1ccc(-c2ccc(=O)n(Cc3nc(-c4ccccc4)no3)n2)cc1. The smallest absolute Gasteiger partial charge is 0.267 e. The molecule has 0 fully saturated rings. The molecule has 7 nitrogen and oxygen atoms in total. The molecule has 0 saturated heterocycles. The molecule has 0 spiro atoms. The molecular formula is C20H16N4O3. The van der Waals surface area contributed by atoms with E-state index in [0.29, 0.717) is 17.4 Å². The number of hydrogen-bond acceptors (Lipinski definition) is 6. The molecule has 0 unspecified atom stereocenters. The van der Waals surface area contributed by atoms with Gasteiger partial charge in [0.05, 0.1) is 12.8 Å². The van der Waals surface area contributed by atoms with E-state index in [1.807, 2.05) is 54.6 Å². The summed E-state index contributed by atoms with van der Waals surface area (Å²) in [5.41, 5.74) is 2.15. The fourth-order valence-electron chi connectivity index (χ4n) is 2.63. The third-order valence-electron chi connectivity index (χ3n) is 4.04. The molecule has 0 aliphatic carbocycles. The lowest BCUT2D eigenvalue weighted by atomic mass is 10.1. The predicted molar refractivity (Wildman–Crippen MR) is 99.3 cm³/mol. The van der Waals surface area contributed by atoms with Gasteiger partial charge in [0.25, 0.3) is 5.56 Å². The Balaban J connectivity index is 1.60. The molecule has 0 aliphatic heterocycles. The summed E-state index contributed by atoms with van der Waals surface area (Å²) in [4.78, 5) is 16.5. The maximum atomic E-state index is 12.2. The Morgan fingerprint density at radius 1 is 0.963 bits per heavy atom. The maximum Gasteiger partial charge on any atom is 0.267 e. The van der Waals surface area contributed by atoms with Gasteiger partial charge in [0.15, 0.2) is 0 Å². The monoisotopic (exact) mass is 360 g/mol. The first-order valence-electron chi connectivity index (χ1n) is 8.33. The van der Waals surface area contributed by atoms with Gasteiger partial charge in [0.1, 0.15) is 12.3 Å². The molecule has 0 bridgehead atoms. The van der Waals surface area contributed by atoms with E-state index in [9.17, 15) is 4.79 Å². The van der Waals surface area contributed by atoms with Crippen LogP contribution in [-0.2, 0) is 6.54 Å². The summed E-state index contributed by atoms with van der Waals surface area (Å²) in [7, 11) is 1.61. The first-order chi connectivity index (χ1) is 13.2. The van der Waals surface area contributed by atoms with Gasteiger partial charge in [0, 0.05) is 17.2 Å². The Kier molecular flexibility index (Phi) is 4.49. The Labute approximate surface area is 154 Å². The van der Waals surface area contributed by atoms with Gasteiger partial charge >= 0.3 is 0 Å². The number of benzene rings is 2. The second-order valence-electron chi connectivity index (χ2n) is 5.82. The molecule has 4 aromatic rings. The highest BCUT2D eigenvalue weighted by Crippen LogP contribution is 2.20. The average molecular weight is 360 g/mol. The molecule has 7 heteroatoms. The number of ether oxygens (including phenoxy) is 1. The molecule has 0 atom stereocenters. The zero-order valence-electron chi connectivity index (χ0n) is 14.6. The van der Waals surface area contributed by atoms with Crippen molar-refractivity contribution in [2.45, 2.75) is 6.54 Å². The van der Waals surface area contributed by atoms with E-state index in [1.165, 1.54) is 10.7 Å². The molecule has 27 heavy (non-hydrogen) atoms. The minimum atomic E-state index is -0.244. The predicted octanol–water partition coefficient (Wildman–Crippen LogP) is 3.02. The lowest BCUT2D eigenvalue weighted by Crippen LogP contribution is -2.23. The summed E-state index contributed by atoms with van der Waals surface area (Å²) in [6.07, 6.45) is 0. The Morgan fingerprint density at radius 3 is 2.48 bits per heavy atom. The van der Waals surface area contributed by atoms with Crippen LogP contribution in [0.1, 0.15) is 5.89 Å². The summed E-state index contributed by atoms with van der Waals surface area (Å²) in [5, 5.41) is 8.38. The van der Waals surface area contributed by atoms with Gasteiger partial charge in [-0.3, -0.25) is 4.79 Å². The van der Waals surface area contributed by atoms with E-state index in [1.54, 1.807) is 13.2 Å². The van der Waals surface area contributed by atoms with Crippen molar-refractivity contribution in [3.05, 3.63) is 83.0 Å². The summed E-state index contributed by atoms with van der Waals surface area (Å²) < 4.78 is 11.7. The van der Waals surface area contributed by atoms with Gasteiger partial charge in [0.2, 0.25) is 11.7 Å². The van der Waals surface area contributed by atoms with E-state index >= 15 is 0 Å². The zero-order valence-corrected chi connectivity index (χ0v) is 14.6. The molecule has 0 amide bonds. The quantitative estimate of drug-likeness (QED) is 0.544. The number of rotatable bonds is 5. The molecular weight excluding hydrogens is 344 g/mol. The molecule has 4 rings (SSSR count). The van der Waals surface area contributed by atoms with Crippen LogP contribution in [0.25, 0.3) is 22.6 Å². The van der Waals surface area contributed by atoms with Crippen LogP contribution in [0.4, 0.5) is 0 Å². The van der Waals surface area contributed by atoms with Gasteiger partial charge < -0.3 is 9.26 Å². The lowest BCUT2D eigenvalue weighted by molar-refractivity contribution is 0.363. The number of nitrogens with zero attached hydrogens (tertiary/aromatic N) is 4. The van der Waals surface area contributed by atoms with E-state index in [2.05, 4.69) is 15.2 Å². The van der Waals surface area contributed by atoms with Crippen molar-refractivity contribution >= 4 is 0 Å². The molecule has 2 aromatic carbocycles. The van der Waals surface area contributed by atoms with Crippen LogP contribution in [0, 0.1) is 0 Å². The van der Waals surface area contributed by atoms with Crippen molar-refractivity contribution in [1.82, 2.24) is 19.9 Å². The normalized spacial score (nSPS) is 10.7. The van der Waals surface area contributed by atoms with Crippen molar-refractivity contribution in [1.29, 1.82) is 0 Å². The fraction of sp³-hybridized carbons (Fsp3) is 0.100. The average Bonchev–Trinajstić information content (AvgIpc) is 3.19. The molecule has 0 radical (unpaired) electrons. The summed E-state index contributed by atoms with van der Waals surface area (Å²) in [6, 6.07) is 20.1. The van der Waals surface area contributed by atoms with Gasteiger partial charge in [-0.05, 0) is 30.3 Å². The van der Waals surface area contributed by atoms with Crippen LogP contribution in [0.2, 0.25) is 0 Å². The van der Waals surface area contributed by atoms with Crippen molar-refractivity contribution in [3.8, 4) is 28.4 Å². The number of hydrogen-bond donors (Lipinski definition) is 0. The first-order valence-corrected chi connectivity index (χ1v) is 8.33. The molecule has 2 heterocycles. The second-order valence-corrected chi connectivity index (χ2v) is 5.82. The standard InChI is InChI=1S/C20H16N4O3/c1-26-16-9-7-14(8-10-16)17-11-12-19(25)24(22-17)13-18-21-20(23-27-18)15-5-3-2-4-6-15/h2-12H,13H2,1H3. The third kappa shape index (κ3) is 3.62. The van der Waals surface area contributed by atoms with Crippen molar-refractivity contribution in [2.24, 2.45) is 0 Å². The van der Waals surface area contributed by atoms with Gasteiger partial charge in [-0.1, -0.05) is 35.5 Å². The Bertz CT molecular complexity index is 1100. The van der Waals surface area contributed by atoms with Crippen LogP contribution in [0.5, 0.6) is 5.75 Å². The highest BCUT2D eigenvalue weighted by molar-refractivity contribution is 5.59. The molecule has 0 N–H and O–H groups in total. The minimum Gasteiger partial charge on any atom is -0.497 e. The third-order valence-corrected chi connectivity index (χ3v) is 4.04. The van der Waals surface area contributed by atoms with E-state index in [4.69, 9.17) is 9.26 Å². The van der Waals surface area contributed by atoms with Crippen LogP contribution in [-0.4, -0.2) is 27.0 Å². The van der Waals surface area contributed by atoms with Crippen LogP contribution in [0.15, 0.2) is 76.0 Å². The fourth-order valence-corrected chi connectivity index (χ4v) is 2.63. The van der Waals surface area contributed by atoms with Crippen molar-refractivity contribution in [2.75, 3.05) is 7.11 Å². The zero-order chi connectivity index (χ0) is 18.6. The highest BCUT2D eigenvalue weighted by Gasteiger charge is 2.11. The van der Waals surface area contributed by atoms with Gasteiger partial charge in [-0.15, -0.1) is 0 Å². The largest absolute Gasteiger partial charge is 0.497 e. The van der Waals surface area contributed by atoms with Crippen molar-refractivity contribution < 1.29 is 9.26 Å². The van der Waals surface area contributed by atoms with E-state index in [0.717, 1.165) is 16.9 Å². The summed E-state index contributed by atoms with van der Waals surface area (Å²) >= 11 is 0. The Morgan fingerprint density at radius 2 is 1.74 bits per heavy atom. The van der Waals surface area contributed by atoms with Crippen molar-refractivity contribution in [3.63, 3.8) is 0 Å². The highest BCUT2D eigenvalue weighted by atomic mass is 16.5. The van der Waals surface area contributed by atoms with E-state index < -0.39 is 0 Å². The summed E-state index contributed by atoms with van der Waals surface area (Å²) in [6.45, 7) is 0.0999. The van der Waals surface area contributed by atoms with E-state index in [-0.39, 0.29) is 12.1 Å². The molecule has 134 valence electrons. The molecule has 0 aliphatic rings. The van der Waals surface area contributed by atoms with Crippen LogP contribution < -0.4 is 10.3 Å². The number of methoxy groups -OCH3 is 1. The topological polar surface area (TPSA) is 83.0 Å². The van der Waals surface area contributed by atoms with Crippen LogP contribution in [0.3, 0.4) is 0 Å². The van der Waals surface area contributed by atoms with Gasteiger partial charge in [-0.2, -0.15) is 10.1 Å². The maximum absolute atomic E-state index is 12.2. The molecule has 0 saturated carbocycles. The molecule has 2 aromatic heterocycles. The Hall–Kier alpha value is -3.74. The second kappa shape index (κ2) is 7.25.